The van der Waals surface area contributed by atoms with Crippen LogP contribution in [0.25, 0.3) is 0 Å². The number of methoxy groups -OCH3 is 2. The number of hydrogen-bond donors (Lipinski definition) is 1. The maximum Gasteiger partial charge on any atom is 0.296 e. The van der Waals surface area contributed by atoms with Crippen molar-refractivity contribution in [2.45, 2.75) is 6.42 Å². The highest BCUT2D eigenvalue weighted by molar-refractivity contribution is 5.70. The first-order valence-electron chi connectivity index (χ1n) is 6.90. The molecule has 1 unspecified atom stereocenters. The van der Waals surface area contributed by atoms with Gasteiger partial charge in [-0.1, -0.05) is 0 Å². The fourth-order valence-electron chi connectivity index (χ4n) is 2.76. The number of nitrogens with zero attached hydrogens (tertiary/aromatic N) is 2. The monoisotopic (exact) mass is 295 g/mol. The summed E-state index contributed by atoms with van der Waals surface area (Å²) in [4.78, 5) is 13.0. The van der Waals surface area contributed by atoms with E-state index in [2.05, 4.69) is 5.32 Å². The smallest absolute Gasteiger partial charge is 0.296 e. The van der Waals surface area contributed by atoms with Crippen molar-refractivity contribution >= 4 is 11.4 Å². The van der Waals surface area contributed by atoms with Gasteiger partial charge in [-0.3, -0.25) is 10.1 Å². The molecule has 0 aromatic heterocycles. The summed E-state index contributed by atoms with van der Waals surface area (Å²) in [6.07, 6.45) is 1.02. The lowest BCUT2D eigenvalue weighted by Gasteiger charge is -2.20. The van der Waals surface area contributed by atoms with Gasteiger partial charge in [-0.25, -0.2) is 0 Å². The van der Waals surface area contributed by atoms with Gasteiger partial charge in [-0.2, -0.15) is 0 Å². The van der Waals surface area contributed by atoms with Gasteiger partial charge in [0.05, 0.1) is 25.2 Å². The summed E-state index contributed by atoms with van der Waals surface area (Å²) in [6, 6.07) is 3.12. The number of rotatable bonds is 6. The van der Waals surface area contributed by atoms with E-state index in [0.717, 1.165) is 26.1 Å². The minimum absolute atomic E-state index is 0.0535. The average Bonchev–Trinajstić information content (AvgIpc) is 2.94. The Bertz CT molecular complexity index is 521. The van der Waals surface area contributed by atoms with Gasteiger partial charge in [0.25, 0.3) is 5.69 Å². The van der Waals surface area contributed by atoms with Crippen LogP contribution in [-0.4, -0.2) is 45.8 Å². The molecule has 1 aliphatic rings. The molecule has 0 aliphatic carbocycles. The Labute approximate surface area is 124 Å². The lowest BCUT2D eigenvalue weighted by atomic mass is 10.1. The molecule has 1 aliphatic heterocycles. The van der Waals surface area contributed by atoms with Gasteiger partial charge < -0.3 is 19.7 Å². The van der Waals surface area contributed by atoms with Crippen molar-refractivity contribution in [1.82, 2.24) is 5.32 Å². The van der Waals surface area contributed by atoms with Crippen molar-refractivity contribution in [2.24, 2.45) is 5.92 Å². The molecule has 2 rings (SSSR count). The van der Waals surface area contributed by atoms with Gasteiger partial charge >= 0.3 is 0 Å². The third-order valence-corrected chi connectivity index (χ3v) is 3.80. The van der Waals surface area contributed by atoms with E-state index < -0.39 is 0 Å². The molecule has 116 valence electrons. The highest BCUT2D eigenvalue weighted by atomic mass is 16.6. The minimum atomic E-state index is -0.372. The fraction of sp³-hybridized carbons (Fsp3) is 0.571. The Balaban J connectivity index is 2.35. The molecule has 1 N–H and O–H groups in total. The van der Waals surface area contributed by atoms with Crippen LogP contribution in [0.1, 0.15) is 6.42 Å². The molecular formula is C14H21N3O4. The van der Waals surface area contributed by atoms with Gasteiger partial charge in [-0.15, -0.1) is 0 Å². The molecule has 0 amide bonds. The highest BCUT2D eigenvalue weighted by Crippen LogP contribution is 2.41. The van der Waals surface area contributed by atoms with Crippen molar-refractivity contribution in [3.63, 3.8) is 0 Å². The Hall–Kier alpha value is -2.02. The first kappa shape index (κ1) is 15.4. The van der Waals surface area contributed by atoms with Gasteiger partial charge in [0.2, 0.25) is 0 Å². The Kier molecular flexibility index (Phi) is 4.85. The van der Waals surface area contributed by atoms with Crippen LogP contribution in [0, 0.1) is 16.0 Å². The molecule has 1 aromatic rings. The van der Waals surface area contributed by atoms with E-state index in [0.29, 0.717) is 23.1 Å². The molecule has 7 nitrogen and oxygen atoms in total. The second-order valence-electron chi connectivity index (χ2n) is 5.11. The molecule has 1 heterocycles. The van der Waals surface area contributed by atoms with Crippen molar-refractivity contribution < 1.29 is 14.4 Å². The first-order valence-corrected chi connectivity index (χ1v) is 6.90. The van der Waals surface area contributed by atoms with E-state index in [-0.39, 0.29) is 10.6 Å². The molecule has 0 spiro atoms. The largest absolute Gasteiger partial charge is 0.493 e. The summed E-state index contributed by atoms with van der Waals surface area (Å²) in [6.45, 7) is 2.53. The highest BCUT2D eigenvalue weighted by Gasteiger charge is 2.29. The van der Waals surface area contributed by atoms with Gasteiger partial charge in [0.1, 0.15) is 5.69 Å². The summed E-state index contributed by atoms with van der Waals surface area (Å²) in [7, 11) is 4.92. The quantitative estimate of drug-likeness (QED) is 0.635. The molecule has 0 saturated carbocycles. The van der Waals surface area contributed by atoms with Crippen LogP contribution in [0.5, 0.6) is 11.5 Å². The van der Waals surface area contributed by atoms with Crippen LogP contribution in [-0.2, 0) is 0 Å². The molecule has 1 aromatic carbocycles. The third kappa shape index (κ3) is 3.18. The summed E-state index contributed by atoms with van der Waals surface area (Å²) >= 11 is 0. The summed E-state index contributed by atoms with van der Waals surface area (Å²) in [5, 5.41) is 14.5. The lowest BCUT2D eigenvalue weighted by Crippen LogP contribution is -2.24. The minimum Gasteiger partial charge on any atom is -0.493 e. The average molecular weight is 295 g/mol. The zero-order valence-electron chi connectivity index (χ0n) is 12.6. The number of nitro groups is 1. The first-order chi connectivity index (χ1) is 10.1. The number of nitrogens with one attached hydrogen (secondary N) is 1. The van der Waals surface area contributed by atoms with Crippen LogP contribution in [0.2, 0.25) is 0 Å². The topological polar surface area (TPSA) is 76.9 Å². The van der Waals surface area contributed by atoms with E-state index in [1.807, 2.05) is 11.9 Å². The molecule has 7 heteroatoms. The molecule has 1 fully saturated rings. The molecule has 21 heavy (non-hydrogen) atoms. The predicted molar refractivity (Wildman–Crippen MR) is 80.4 cm³/mol. The number of anilines is 1. The van der Waals surface area contributed by atoms with Crippen molar-refractivity contribution in [2.75, 3.05) is 45.8 Å². The lowest BCUT2D eigenvalue weighted by molar-refractivity contribution is -0.384. The number of ether oxygens (including phenoxy) is 2. The number of benzene rings is 1. The van der Waals surface area contributed by atoms with Crippen LogP contribution in [0.3, 0.4) is 0 Å². The Morgan fingerprint density at radius 2 is 2.05 bits per heavy atom. The zero-order valence-corrected chi connectivity index (χ0v) is 12.6. The molecule has 0 radical (unpaired) electrons. The van der Waals surface area contributed by atoms with E-state index >= 15 is 0 Å². The maximum atomic E-state index is 11.3. The van der Waals surface area contributed by atoms with Gasteiger partial charge in [0.15, 0.2) is 11.5 Å². The second kappa shape index (κ2) is 6.62. The van der Waals surface area contributed by atoms with E-state index in [1.54, 1.807) is 6.07 Å². The zero-order chi connectivity index (χ0) is 15.4. The standard InChI is InChI=1S/C14H21N3O4/c1-15-8-10-4-5-16(9-10)11-6-13(20-2)14(21-3)7-12(11)17(18)19/h6-7,10,15H,4-5,8-9H2,1-3H3. The van der Waals surface area contributed by atoms with E-state index in [9.17, 15) is 10.1 Å². The predicted octanol–water partition coefficient (Wildman–Crippen LogP) is 1.66. The molecule has 0 bridgehead atoms. The third-order valence-electron chi connectivity index (χ3n) is 3.80. The van der Waals surface area contributed by atoms with Crippen LogP contribution in [0.15, 0.2) is 12.1 Å². The molecule has 1 saturated heterocycles. The van der Waals surface area contributed by atoms with Crippen molar-refractivity contribution in [1.29, 1.82) is 0 Å². The number of nitro benzene ring substituents is 1. The number of hydrogen-bond acceptors (Lipinski definition) is 6. The fourth-order valence-corrected chi connectivity index (χ4v) is 2.76. The maximum absolute atomic E-state index is 11.3. The summed E-state index contributed by atoms with van der Waals surface area (Å²) < 4.78 is 10.4. The second-order valence-corrected chi connectivity index (χ2v) is 5.11. The van der Waals surface area contributed by atoms with Crippen LogP contribution >= 0.6 is 0 Å². The van der Waals surface area contributed by atoms with Gasteiger partial charge in [0, 0.05) is 19.2 Å². The Morgan fingerprint density at radius 1 is 1.38 bits per heavy atom. The van der Waals surface area contributed by atoms with Crippen LogP contribution in [0.4, 0.5) is 11.4 Å². The normalized spacial score (nSPS) is 17.9. The molecule has 1 atom stereocenters. The Morgan fingerprint density at radius 3 is 2.62 bits per heavy atom. The van der Waals surface area contributed by atoms with Gasteiger partial charge in [-0.05, 0) is 25.9 Å². The molecular weight excluding hydrogens is 274 g/mol. The summed E-state index contributed by atoms with van der Waals surface area (Å²) in [5.41, 5.74) is 0.647. The van der Waals surface area contributed by atoms with Crippen molar-refractivity contribution in [3.05, 3.63) is 22.2 Å². The summed E-state index contributed by atoms with van der Waals surface area (Å²) in [5.74, 6) is 1.39. The van der Waals surface area contributed by atoms with Crippen molar-refractivity contribution in [3.8, 4) is 11.5 Å². The van der Waals surface area contributed by atoms with E-state index in [1.165, 1.54) is 20.3 Å². The van der Waals surface area contributed by atoms with Crippen LogP contribution < -0.4 is 19.7 Å². The SMILES string of the molecule is CNCC1CCN(c2cc(OC)c(OC)cc2[N+](=O)[O-])C1. The van der Waals surface area contributed by atoms with E-state index in [4.69, 9.17) is 9.47 Å².